The highest BCUT2D eigenvalue weighted by Crippen LogP contribution is 2.37. The van der Waals surface area contributed by atoms with Gasteiger partial charge in [0.05, 0.1) is 0 Å². The third kappa shape index (κ3) is 1.81. The minimum Gasteiger partial charge on any atom is -0.327 e. The number of piperazine rings is 1. The van der Waals surface area contributed by atoms with Crippen LogP contribution in [-0.4, -0.2) is 36.6 Å². The van der Waals surface area contributed by atoms with Gasteiger partial charge >= 0.3 is 0 Å². The molecule has 3 aliphatic rings. The van der Waals surface area contributed by atoms with Crippen LogP contribution in [0.15, 0.2) is 53.4 Å². The highest BCUT2D eigenvalue weighted by atomic mass is 15.3. The molecule has 2 aliphatic heterocycles. The number of anilines is 1. The first-order valence-corrected chi connectivity index (χ1v) is 7.31. The summed E-state index contributed by atoms with van der Waals surface area (Å²) in [6.07, 6.45) is 10.7. The summed E-state index contributed by atoms with van der Waals surface area (Å²) in [6, 6.07) is 4.28. The van der Waals surface area contributed by atoms with E-state index in [2.05, 4.69) is 52.2 Å². The van der Waals surface area contributed by atoms with Gasteiger partial charge in [0.15, 0.2) is 0 Å². The van der Waals surface area contributed by atoms with Crippen LogP contribution in [0.2, 0.25) is 0 Å². The second kappa shape index (κ2) is 4.60. The smallest absolute Gasteiger partial charge is 0.136 e. The molecule has 0 amide bonds. The zero-order valence-electron chi connectivity index (χ0n) is 11.8. The minimum atomic E-state index is 1.01. The normalized spacial score (nSPS) is 21.9. The van der Waals surface area contributed by atoms with Gasteiger partial charge in [0.25, 0.3) is 0 Å². The molecule has 0 aromatic carbocycles. The first kappa shape index (κ1) is 11.9. The highest BCUT2D eigenvalue weighted by molar-refractivity contribution is 5.62. The van der Waals surface area contributed by atoms with Gasteiger partial charge in [0, 0.05) is 37.9 Å². The molecule has 0 radical (unpaired) electrons. The fourth-order valence-electron chi connectivity index (χ4n) is 3.40. The number of rotatable bonds is 0. The Balaban J connectivity index is 1.91. The highest BCUT2D eigenvalue weighted by Gasteiger charge is 2.29. The number of pyridine rings is 1. The van der Waals surface area contributed by atoms with Crippen LogP contribution >= 0.6 is 0 Å². The van der Waals surface area contributed by atoms with Gasteiger partial charge in [-0.2, -0.15) is 0 Å². The Labute approximate surface area is 119 Å². The molecule has 0 bridgehead atoms. The maximum atomic E-state index is 4.67. The SMILES string of the molecule is CN1CCN2C(=C3CC=CC=C3Cc3cccnc32)C1. The van der Waals surface area contributed by atoms with Crippen LogP contribution in [0.4, 0.5) is 5.82 Å². The molecule has 1 fully saturated rings. The predicted octanol–water partition coefficient (Wildman–Crippen LogP) is 2.53. The summed E-state index contributed by atoms with van der Waals surface area (Å²) in [5, 5.41) is 0. The molecule has 0 spiro atoms. The molecular weight excluding hydrogens is 246 g/mol. The van der Waals surface area contributed by atoms with E-state index in [0.29, 0.717) is 0 Å². The quantitative estimate of drug-likeness (QED) is 0.718. The van der Waals surface area contributed by atoms with Crippen LogP contribution < -0.4 is 4.90 Å². The molecule has 3 heteroatoms. The summed E-state index contributed by atoms with van der Waals surface area (Å²) < 4.78 is 0. The zero-order chi connectivity index (χ0) is 13.5. The lowest BCUT2D eigenvalue weighted by Crippen LogP contribution is -2.43. The van der Waals surface area contributed by atoms with Gasteiger partial charge < -0.3 is 4.90 Å². The number of likely N-dealkylation sites (N-methyl/N-ethyl adjacent to an activating group) is 1. The number of nitrogens with zero attached hydrogens (tertiary/aromatic N) is 3. The lowest BCUT2D eigenvalue weighted by Gasteiger charge is -2.37. The van der Waals surface area contributed by atoms with Crippen molar-refractivity contribution in [2.45, 2.75) is 12.8 Å². The third-order valence-electron chi connectivity index (χ3n) is 4.45. The van der Waals surface area contributed by atoms with Gasteiger partial charge in [-0.3, -0.25) is 4.90 Å². The van der Waals surface area contributed by atoms with Gasteiger partial charge in [-0.15, -0.1) is 0 Å². The zero-order valence-corrected chi connectivity index (χ0v) is 11.8. The standard InChI is InChI=1S/C17H19N3/c1-19-9-10-20-16(12-19)15-7-3-2-5-13(15)11-14-6-4-8-18-17(14)20/h2-6,8H,7,9-12H2,1H3. The molecule has 102 valence electrons. The van der Waals surface area contributed by atoms with Gasteiger partial charge in [-0.25, -0.2) is 4.98 Å². The second-order valence-corrected chi connectivity index (χ2v) is 5.80. The maximum absolute atomic E-state index is 4.67. The monoisotopic (exact) mass is 265 g/mol. The molecule has 1 saturated heterocycles. The third-order valence-corrected chi connectivity index (χ3v) is 4.45. The lowest BCUT2D eigenvalue weighted by molar-refractivity contribution is 0.338. The summed E-state index contributed by atoms with van der Waals surface area (Å²) in [4.78, 5) is 9.53. The van der Waals surface area contributed by atoms with E-state index in [1.165, 1.54) is 28.2 Å². The van der Waals surface area contributed by atoms with Crippen LogP contribution in [0.5, 0.6) is 0 Å². The van der Waals surface area contributed by atoms with Crippen molar-refractivity contribution in [2.24, 2.45) is 0 Å². The van der Waals surface area contributed by atoms with Gasteiger partial charge in [0.1, 0.15) is 5.82 Å². The Morgan fingerprint density at radius 1 is 1.25 bits per heavy atom. The van der Waals surface area contributed by atoms with E-state index in [1.54, 1.807) is 0 Å². The van der Waals surface area contributed by atoms with Crippen molar-refractivity contribution < 1.29 is 0 Å². The molecule has 1 aliphatic carbocycles. The summed E-state index contributed by atoms with van der Waals surface area (Å²) in [6.45, 7) is 3.16. The van der Waals surface area contributed by atoms with Crippen LogP contribution in [0.3, 0.4) is 0 Å². The Kier molecular flexibility index (Phi) is 2.74. The summed E-state index contributed by atoms with van der Waals surface area (Å²) in [5.74, 6) is 1.17. The van der Waals surface area contributed by atoms with Crippen LogP contribution in [-0.2, 0) is 6.42 Å². The largest absolute Gasteiger partial charge is 0.327 e. The number of hydrogen-bond acceptors (Lipinski definition) is 3. The van der Waals surface area contributed by atoms with Crippen molar-refractivity contribution in [3.8, 4) is 0 Å². The minimum absolute atomic E-state index is 1.01. The fraction of sp³-hybridized carbons (Fsp3) is 0.353. The number of allylic oxidation sites excluding steroid dienone is 5. The van der Waals surface area contributed by atoms with E-state index in [4.69, 9.17) is 0 Å². The molecule has 1 aromatic rings. The van der Waals surface area contributed by atoms with Crippen molar-refractivity contribution in [1.82, 2.24) is 9.88 Å². The molecule has 20 heavy (non-hydrogen) atoms. The summed E-state index contributed by atoms with van der Waals surface area (Å²) in [5.41, 5.74) is 5.78. The number of fused-ring (bicyclic) bond motifs is 4. The summed E-state index contributed by atoms with van der Waals surface area (Å²) >= 11 is 0. The maximum Gasteiger partial charge on any atom is 0.136 e. The molecule has 3 nitrogen and oxygen atoms in total. The molecular formula is C17H19N3. The van der Waals surface area contributed by atoms with Crippen LogP contribution in [0, 0.1) is 0 Å². The molecule has 0 atom stereocenters. The van der Waals surface area contributed by atoms with E-state index in [1.807, 2.05) is 6.20 Å². The van der Waals surface area contributed by atoms with Crippen molar-refractivity contribution in [3.63, 3.8) is 0 Å². The van der Waals surface area contributed by atoms with E-state index in [-0.39, 0.29) is 0 Å². The predicted molar refractivity (Wildman–Crippen MR) is 81.7 cm³/mol. The van der Waals surface area contributed by atoms with E-state index >= 15 is 0 Å². The van der Waals surface area contributed by atoms with E-state index in [9.17, 15) is 0 Å². The number of hydrogen-bond donors (Lipinski definition) is 0. The fourth-order valence-corrected chi connectivity index (χ4v) is 3.40. The molecule has 1 aromatic heterocycles. The van der Waals surface area contributed by atoms with E-state index in [0.717, 1.165) is 32.5 Å². The molecule has 0 unspecified atom stereocenters. The molecule has 3 heterocycles. The van der Waals surface area contributed by atoms with Crippen molar-refractivity contribution in [3.05, 3.63) is 59.0 Å². The van der Waals surface area contributed by atoms with E-state index < -0.39 is 0 Å². The summed E-state index contributed by atoms with van der Waals surface area (Å²) in [7, 11) is 2.21. The second-order valence-electron chi connectivity index (χ2n) is 5.80. The molecule has 4 rings (SSSR count). The van der Waals surface area contributed by atoms with Gasteiger partial charge in [-0.05, 0) is 36.2 Å². The van der Waals surface area contributed by atoms with Crippen molar-refractivity contribution >= 4 is 5.82 Å². The Morgan fingerprint density at radius 2 is 2.20 bits per heavy atom. The lowest BCUT2D eigenvalue weighted by atomic mass is 9.92. The Hall–Kier alpha value is -1.87. The van der Waals surface area contributed by atoms with Crippen LogP contribution in [0.25, 0.3) is 0 Å². The first-order valence-electron chi connectivity index (χ1n) is 7.31. The van der Waals surface area contributed by atoms with Gasteiger partial charge in [-0.1, -0.05) is 24.3 Å². The van der Waals surface area contributed by atoms with Crippen molar-refractivity contribution in [2.75, 3.05) is 31.6 Å². The Bertz CT molecular complexity index is 639. The molecule has 0 saturated carbocycles. The van der Waals surface area contributed by atoms with Crippen LogP contribution in [0.1, 0.15) is 12.0 Å². The topological polar surface area (TPSA) is 19.4 Å². The number of aromatic nitrogens is 1. The molecule has 0 N–H and O–H groups in total. The average molecular weight is 265 g/mol. The Morgan fingerprint density at radius 3 is 3.15 bits per heavy atom. The first-order chi connectivity index (χ1) is 9.83. The van der Waals surface area contributed by atoms with Gasteiger partial charge in [0.2, 0.25) is 0 Å². The average Bonchev–Trinajstić information content (AvgIpc) is 2.61. The van der Waals surface area contributed by atoms with Crippen molar-refractivity contribution in [1.29, 1.82) is 0 Å².